The fraction of sp³-hybridized carbons (Fsp3) is 0.308. The zero-order chi connectivity index (χ0) is 15.1. The number of aliphatic carboxylic acids is 2. The van der Waals surface area contributed by atoms with Gasteiger partial charge in [-0.05, 0) is 24.0 Å². The average molecular weight is 297 g/mol. The number of nitrogens with one attached hydrogen (secondary N) is 1. The minimum Gasteiger partial charge on any atom is -0.481 e. The van der Waals surface area contributed by atoms with Crippen LogP contribution in [0.1, 0.15) is 22.3 Å². The zero-order valence-electron chi connectivity index (χ0n) is 10.8. The van der Waals surface area contributed by atoms with Gasteiger partial charge in [-0.1, -0.05) is 12.1 Å². The number of benzene rings is 1. The first-order valence-corrected chi connectivity index (χ1v) is 7.16. The standard InChI is InChI=1S/C13H15NO5S/c1-20-7-8-3-2-4-9(5-8)12(17)14-10(13(18)19)6-11(15)16/h2-5,10H,6-7H2,1H3,(H,14,17)(H,15,16)(H,18,19)/t10-/m0/s1. The SMILES string of the molecule is CSCc1cccc(C(=O)N[C@@H](CC(=O)O)C(=O)O)c1. The highest BCUT2D eigenvalue weighted by Gasteiger charge is 2.23. The van der Waals surface area contributed by atoms with E-state index in [1.54, 1.807) is 30.0 Å². The van der Waals surface area contributed by atoms with Crippen molar-refractivity contribution in [2.24, 2.45) is 0 Å². The second-order valence-electron chi connectivity index (χ2n) is 4.10. The molecule has 0 saturated heterocycles. The van der Waals surface area contributed by atoms with Crippen molar-refractivity contribution in [2.45, 2.75) is 18.2 Å². The molecule has 0 bridgehead atoms. The first-order chi connectivity index (χ1) is 9.43. The third-order valence-electron chi connectivity index (χ3n) is 2.48. The number of carbonyl (C=O) groups is 3. The van der Waals surface area contributed by atoms with Crippen molar-refractivity contribution in [3.63, 3.8) is 0 Å². The van der Waals surface area contributed by atoms with Gasteiger partial charge in [-0.15, -0.1) is 0 Å². The first-order valence-electron chi connectivity index (χ1n) is 5.77. The lowest BCUT2D eigenvalue weighted by atomic mass is 10.1. The van der Waals surface area contributed by atoms with Crippen LogP contribution in [0.15, 0.2) is 24.3 Å². The van der Waals surface area contributed by atoms with E-state index in [4.69, 9.17) is 10.2 Å². The number of hydrogen-bond acceptors (Lipinski definition) is 4. The summed E-state index contributed by atoms with van der Waals surface area (Å²) in [4.78, 5) is 33.4. The maximum atomic E-state index is 11.9. The molecule has 1 aromatic carbocycles. The van der Waals surface area contributed by atoms with Crippen molar-refractivity contribution in [1.29, 1.82) is 0 Å². The molecule has 1 rings (SSSR count). The Bertz CT molecular complexity index is 517. The van der Waals surface area contributed by atoms with Crippen LogP contribution < -0.4 is 5.32 Å². The van der Waals surface area contributed by atoms with Crippen LogP contribution in [0.2, 0.25) is 0 Å². The minimum atomic E-state index is -1.44. The van der Waals surface area contributed by atoms with Crippen molar-refractivity contribution < 1.29 is 24.6 Å². The summed E-state index contributed by atoms with van der Waals surface area (Å²) in [6.45, 7) is 0. The second-order valence-corrected chi connectivity index (χ2v) is 4.96. The number of thioether (sulfide) groups is 1. The Morgan fingerprint density at radius 1 is 1.30 bits per heavy atom. The highest BCUT2D eigenvalue weighted by molar-refractivity contribution is 7.97. The van der Waals surface area contributed by atoms with E-state index in [9.17, 15) is 14.4 Å². The van der Waals surface area contributed by atoms with Gasteiger partial charge in [0.05, 0.1) is 6.42 Å². The van der Waals surface area contributed by atoms with E-state index >= 15 is 0 Å². The molecule has 1 atom stereocenters. The topological polar surface area (TPSA) is 104 Å². The molecule has 0 aliphatic rings. The molecular weight excluding hydrogens is 282 g/mol. The molecule has 0 unspecified atom stereocenters. The van der Waals surface area contributed by atoms with Gasteiger partial charge in [-0.2, -0.15) is 11.8 Å². The molecule has 0 aliphatic heterocycles. The van der Waals surface area contributed by atoms with Gasteiger partial charge in [0.25, 0.3) is 5.91 Å². The summed E-state index contributed by atoms with van der Waals surface area (Å²) in [6.07, 6.45) is 1.27. The van der Waals surface area contributed by atoms with E-state index in [1.165, 1.54) is 0 Å². The quantitative estimate of drug-likeness (QED) is 0.699. The van der Waals surface area contributed by atoms with Crippen LogP contribution in [0.4, 0.5) is 0 Å². The van der Waals surface area contributed by atoms with Gasteiger partial charge in [0.2, 0.25) is 0 Å². The molecule has 7 heteroatoms. The molecule has 108 valence electrons. The van der Waals surface area contributed by atoms with Crippen LogP contribution in [0, 0.1) is 0 Å². The number of carboxylic acid groups (broad SMARTS) is 2. The molecule has 6 nitrogen and oxygen atoms in total. The Morgan fingerprint density at radius 3 is 2.55 bits per heavy atom. The smallest absolute Gasteiger partial charge is 0.326 e. The van der Waals surface area contributed by atoms with Crippen LogP contribution in [-0.2, 0) is 15.3 Å². The third-order valence-corrected chi connectivity index (χ3v) is 3.10. The zero-order valence-corrected chi connectivity index (χ0v) is 11.6. The van der Waals surface area contributed by atoms with Gasteiger partial charge in [-0.3, -0.25) is 9.59 Å². The third kappa shape index (κ3) is 4.93. The number of carboxylic acids is 2. The summed E-state index contributed by atoms with van der Waals surface area (Å²) in [5.41, 5.74) is 1.25. The minimum absolute atomic E-state index is 0.313. The predicted octanol–water partition coefficient (Wildman–Crippen LogP) is 1.21. The second kappa shape index (κ2) is 7.54. The Morgan fingerprint density at radius 2 is 2.00 bits per heavy atom. The van der Waals surface area contributed by atoms with Crippen LogP contribution in [0.3, 0.4) is 0 Å². The normalized spacial score (nSPS) is 11.7. The van der Waals surface area contributed by atoms with E-state index < -0.39 is 30.3 Å². The van der Waals surface area contributed by atoms with Crippen LogP contribution in [0.25, 0.3) is 0 Å². The Balaban J connectivity index is 2.80. The summed E-state index contributed by atoms with van der Waals surface area (Å²) in [5.74, 6) is -2.52. The summed E-state index contributed by atoms with van der Waals surface area (Å²) in [6, 6.07) is 5.33. The summed E-state index contributed by atoms with van der Waals surface area (Å²) in [7, 11) is 0. The van der Waals surface area contributed by atoms with Gasteiger partial charge >= 0.3 is 11.9 Å². The maximum Gasteiger partial charge on any atom is 0.326 e. The van der Waals surface area contributed by atoms with Gasteiger partial charge in [0, 0.05) is 11.3 Å². The van der Waals surface area contributed by atoms with Crippen LogP contribution in [-0.4, -0.2) is 40.4 Å². The average Bonchev–Trinajstić information content (AvgIpc) is 2.38. The maximum absolute atomic E-state index is 11.9. The van der Waals surface area contributed by atoms with Crippen molar-refractivity contribution in [1.82, 2.24) is 5.32 Å². The van der Waals surface area contributed by atoms with Gasteiger partial charge in [0.15, 0.2) is 0 Å². The van der Waals surface area contributed by atoms with E-state index in [0.717, 1.165) is 11.3 Å². The number of amides is 1. The fourth-order valence-corrected chi connectivity index (χ4v) is 2.10. The van der Waals surface area contributed by atoms with E-state index in [2.05, 4.69) is 5.32 Å². The molecule has 1 aromatic rings. The number of hydrogen-bond donors (Lipinski definition) is 3. The van der Waals surface area contributed by atoms with E-state index in [0.29, 0.717) is 5.56 Å². The predicted molar refractivity (Wildman–Crippen MR) is 74.8 cm³/mol. The molecule has 0 spiro atoms. The Kier molecular flexibility index (Phi) is 6.05. The molecule has 0 aromatic heterocycles. The molecule has 20 heavy (non-hydrogen) atoms. The number of rotatable bonds is 7. The van der Waals surface area contributed by atoms with Gasteiger partial charge in [-0.25, -0.2) is 4.79 Å². The van der Waals surface area contributed by atoms with Gasteiger partial charge < -0.3 is 15.5 Å². The van der Waals surface area contributed by atoms with Crippen LogP contribution in [0.5, 0.6) is 0 Å². The molecular formula is C13H15NO5S. The molecule has 0 fully saturated rings. The summed E-state index contributed by atoms with van der Waals surface area (Å²) >= 11 is 1.60. The molecule has 1 amide bonds. The lowest BCUT2D eigenvalue weighted by Crippen LogP contribution is -2.42. The molecule has 0 aliphatic carbocycles. The van der Waals surface area contributed by atoms with Crippen molar-refractivity contribution >= 4 is 29.6 Å². The lowest BCUT2D eigenvalue weighted by molar-refractivity contribution is -0.145. The van der Waals surface area contributed by atoms with Crippen molar-refractivity contribution in [3.8, 4) is 0 Å². The lowest BCUT2D eigenvalue weighted by Gasteiger charge is -2.12. The largest absolute Gasteiger partial charge is 0.481 e. The van der Waals surface area contributed by atoms with Crippen molar-refractivity contribution in [3.05, 3.63) is 35.4 Å². The monoisotopic (exact) mass is 297 g/mol. The summed E-state index contributed by atoms with van der Waals surface area (Å²) < 4.78 is 0. The number of carbonyl (C=O) groups excluding carboxylic acids is 1. The molecule has 0 saturated carbocycles. The first kappa shape index (κ1) is 16.0. The van der Waals surface area contributed by atoms with Gasteiger partial charge in [0.1, 0.15) is 6.04 Å². The van der Waals surface area contributed by atoms with Crippen LogP contribution >= 0.6 is 11.8 Å². The van der Waals surface area contributed by atoms with Crippen molar-refractivity contribution in [2.75, 3.05) is 6.26 Å². The highest BCUT2D eigenvalue weighted by Crippen LogP contribution is 2.11. The Labute approximate surface area is 120 Å². The summed E-state index contributed by atoms with van der Waals surface area (Å²) in [5, 5.41) is 19.7. The molecule has 3 N–H and O–H groups in total. The Hall–Kier alpha value is -2.02. The highest BCUT2D eigenvalue weighted by atomic mass is 32.2. The molecule has 0 radical (unpaired) electrons. The van der Waals surface area contributed by atoms with E-state index in [1.807, 2.05) is 12.3 Å². The molecule has 0 heterocycles. The van der Waals surface area contributed by atoms with E-state index in [-0.39, 0.29) is 0 Å². The fourth-order valence-electron chi connectivity index (χ4n) is 1.59.